The van der Waals surface area contributed by atoms with Crippen molar-refractivity contribution in [3.63, 3.8) is 0 Å². The first-order valence-electron chi connectivity index (χ1n) is 4.56. The number of hydrogen-bond donors (Lipinski definition) is 3. The average Bonchev–Trinajstić information content (AvgIpc) is 2.19. The molecule has 0 amide bonds. The zero-order chi connectivity index (χ0) is 10.6. The number of rotatable bonds is 4. The highest BCUT2D eigenvalue weighted by molar-refractivity contribution is 5.62. The third-order valence-electron chi connectivity index (χ3n) is 2.02. The number of anilines is 3. The van der Waals surface area contributed by atoms with Gasteiger partial charge in [0.25, 0.3) is 0 Å². The van der Waals surface area contributed by atoms with E-state index in [0.29, 0.717) is 18.1 Å². The van der Waals surface area contributed by atoms with E-state index in [0.717, 1.165) is 12.4 Å². The summed E-state index contributed by atoms with van der Waals surface area (Å²) in [6.07, 6.45) is 0. The van der Waals surface area contributed by atoms with E-state index >= 15 is 0 Å². The second-order valence-electron chi connectivity index (χ2n) is 2.95. The Bertz CT molecular complexity index is 303. The van der Waals surface area contributed by atoms with E-state index in [2.05, 4.69) is 4.98 Å². The predicted octanol–water partition coefficient (Wildman–Crippen LogP) is 0.0646. The number of nitrogens with two attached hydrogens (primary N) is 2. The van der Waals surface area contributed by atoms with Gasteiger partial charge in [-0.3, -0.25) is 0 Å². The van der Waals surface area contributed by atoms with E-state index in [1.807, 2.05) is 11.8 Å². The Morgan fingerprint density at radius 3 is 2.64 bits per heavy atom. The molecule has 0 aliphatic rings. The number of aliphatic hydroxyl groups excluding tert-OH is 1. The maximum atomic E-state index is 8.83. The molecule has 1 aromatic rings. The summed E-state index contributed by atoms with van der Waals surface area (Å²) >= 11 is 0. The van der Waals surface area contributed by atoms with Crippen LogP contribution >= 0.6 is 0 Å². The lowest BCUT2D eigenvalue weighted by molar-refractivity contribution is 0.302. The van der Waals surface area contributed by atoms with Crippen molar-refractivity contribution >= 4 is 17.3 Å². The van der Waals surface area contributed by atoms with Crippen molar-refractivity contribution in [3.05, 3.63) is 12.1 Å². The molecule has 0 saturated heterocycles. The summed E-state index contributed by atoms with van der Waals surface area (Å²) in [4.78, 5) is 6.06. The lowest BCUT2D eigenvalue weighted by atomic mass is 10.3. The molecule has 78 valence electrons. The van der Waals surface area contributed by atoms with E-state index in [1.165, 1.54) is 0 Å². The zero-order valence-corrected chi connectivity index (χ0v) is 8.27. The molecule has 1 aromatic heterocycles. The Kier molecular flexibility index (Phi) is 3.53. The van der Waals surface area contributed by atoms with Gasteiger partial charge in [-0.05, 0) is 19.1 Å². The summed E-state index contributed by atoms with van der Waals surface area (Å²) in [5, 5.41) is 8.83. The fraction of sp³-hybridized carbons (Fsp3) is 0.444. The zero-order valence-electron chi connectivity index (χ0n) is 8.27. The SMILES string of the molecule is CCN(CCO)c1ccc(N)c(N)n1. The van der Waals surface area contributed by atoms with Gasteiger partial charge in [0.05, 0.1) is 12.3 Å². The topological polar surface area (TPSA) is 88.4 Å². The van der Waals surface area contributed by atoms with Crippen LogP contribution in [0.15, 0.2) is 12.1 Å². The van der Waals surface area contributed by atoms with Crippen LogP contribution < -0.4 is 16.4 Å². The number of pyridine rings is 1. The normalized spacial score (nSPS) is 10.1. The minimum atomic E-state index is 0.0970. The van der Waals surface area contributed by atoms with Gasteiger partial charge in [0, 0.05) is 13.1 Å². The first kappa shape index (κ1) is 10.6. The summed E-state index contributed by atoms with van der Waals surface area (Å²) in [5.74, 6) is 1.08. The smallest absolute Gasteiger partial charge is 0.149 e. The van der Waals surface area contributed by atoms with Crippen molar-refractivity contribution in [1.82, 2.24) is 4.98 Å². The molecule has 5 heteroatoms. The molecule has 0 bridgehead atoms. The monoisotopic (exact) mass is 196 g/mol. The molecule has 0 aliphatic carbocycles. The standard InChI is InChI=1S/C9H16N4O/c1-2-13(5-6-14)8-4-3-7(10)9(11)12-8/h3-4,14H,2,5-6,10H2,1H3,(H2,11,12). The number of nitrogen functional groups attached to an aromatic ring is 2. The van der Waals surface area contributed by atoms with Crippen molar-refractivity contribution < 1.29 is 5.11 Å². The van der Waals surface area contributed by atoms with Crippen molar-refractivity contribution in [2.75, 3.05) is 36.1 Å². The fourth-order valence-corrected chi connectivity index (χ4v) is 1.21. The third kappa shape index (κ3) is 2.26. The summed E-state index contributed by atoms with van der Waals surface area (Å²) < 4.78 is 0. The second kappa shape index (κ2) is 4.66. The first-order chi connectivity index (χ1) is 6.69. The van der Waals surface area contributed by atoms with Crippen LogP contribution in [0.1, 0.15) is 6.92 Å². The van der Waals surface area contributed by atoms with Gasteiger partial charge < -0.3 is 21.5 Å². The lowest BCUT2D eigenvalue weighted by Crippen LogP contribution is -2.27. The minimum Gasteiger partial charge on any atom is -0.396 e. The van der Waals surface area contributed by atoms with Crippen molar-refractivity contribution in [1.29, 1.82) is 0 Å². The van der Waals surface area contributed by atoms with Crippen molar-refractivity contribution in [3.8, 4) is 0 Å². The molecule has 5 N–H and O–H groups in total. The van der Waals surface area contributed by atoms with Crippen LogP contribution in [0.25, 0.3) is 0 Å². The average molecular weight is 196 g/mol. The maximum Gasteiger partial charge on any atom is 0.149 e. The molecule has 5 nitrogen and oxygen atoms in total. The molecule has 0 saturated carbocycles. The van der Waals surface area contributed by atoms with Crippen LogP contribution in [-0.2, 0) is 0 Å². The molecule has 0 fully saturated rings. The Morgan fingerprint density at radius 1 is 1.43 bits per heavy atom. The van der Waals surface area contributed by atoms with Crippen LogP contribution in [0.4, 0.5) is 17.3 Å². The van der Waals surface area contributed by atoms with Crippen LogP contribution in [0.3, 0.4) is 0 Å². The van der Waals surface area contributed by atoms with Crippen molar-refractivity contribution in [2.45, 2.75) is 6.92 Å². The number of likely N-dealkylation sites (N-methyl/N-ethyl adjacent to an activating group) is 1. The van der Waals surface area contributed by atoms with Crippen molar-refractivity contribution in [2.24, 2.45) is 0 Å². The van der Waals surface area contributed by atoms with Gasteiger partial charge in [0.15, 0.2) is 0 Å². The predicted molar refractivity (Wildman–Crippen MR) is 58.0 cm³/mol. The molecule has 1 heterocycles. The highest BCUT2D eigenvalue weighted by atomic mass is 16.3. The number of aliphatic hydroxyl groups is 1. The Morgan fingerprint density at radius 2 is 2.14 bits per heavy atom. The van der Waals surface area contributed by atoms with E-state index in [4.69, 9.17) is 16.6 Å². The van der Waals surface area contributed by atoms with Gasteiger partial charge in [-0.1, -0.05) is 0 Å². The highest BCUT2D eigenvalue weighted by Gasteiger charge is 2.06. The third-order valence-corrected chi connectivity index (χ3v) is 2.02. The summed E-state index contributed by atoms with van der Waals surface area (Å²) in [5.41, 5.74) is 11.6. The first-order valence-corrected chi connectivity index (χ1v) is 4.56. The molecule has 0 aliphatic heterocycles. The van der Waals surface area contributed by atoms with Gasteiger partial charge in [-0.25, -0.2) is 4.98 Å². The Balaban J connectivity index is 2.88. The van der Waals surface area contributed by atoms with Crippen LogP contribution in [0.5, 0.6) is 0 Å². The molecule has 14 heavy (non-hydrogen) atoms. The Labute approximate surface area is 83.3 Å². The molecular weight excluding hydrogens is 180 g/mol. The molecule has 1 rings (SSSR count). The van der Waals surface area contributed by atoms with Crippen LogP contribution in [0, 0.1) is 0 Å². The van der Waals surface area contributed by atoms with Crippen LogP contribution in [-0.4, -0.2) is 29.8 Å². The summed E-state index contributed by atoms with van der Waals surface area (Å²) in [6.45, 7) is 3.41. The van der Waals surface area contributed by atoms with E-state index < -0.39 is 0 Å². The minimum absolute atomic E-state index is 0.0970. The summed E-state index contributed by atoms with van der Waals surface area (Å²) in [6, 6.07) is 3.52. The van der Waals surface area contributed by atoms with Crippen LogP contribution in [0.2, 0.25) is 0 Å². The summed E-state index contributed by atoms with van der Waals surface area (Å²) in [7, 11) is 0. The van der Waals surface area contributed by atoms with Gasteiger partial charge in [-0.2, -0.15) is 0 Å². The number of aromatic nitrogens is 1. The number of nitrogens with zero attached hydrogens (tertiary/aromatic N) is 2. The highest BCUT2D eigenvalue weighted by Crippen LogP contribution is 2.17. The molecule has 0 aromatic carbocycles. The molecule has 0 radical (unpaired) electrons. The quantitative estimate of drug-likeness (QED) is 0.634. The molecule has 0 unspecified atom stereocenters. The van der Waals surface area contributed by atoms with E-state index in [-0.39, 0.29) is 6.61 Å². The lowest BCUT2D eigenvalue weighted by Gasteiger charge is -2.21. The largest absolute Gasteiger partial charge is 0.396 e. The van der Waals surface area contributed by atoms with Gasteiger partial charge in [0.1, 0.15) is 11.6 Å². The molecule has 0 atom stereocenters. The molecular formula is C9H16N4O. The Hall–Kier alpha value is -1.49. The fourth-order valence-electron chi connectivity index (χ4n) is 1.21. The van der Waals surface area contributed by atoms with Gasteiger partial charge in [0.2, 0.25) is 0 Å². The van der Waals surface area contributed by atoms with Gasteiger partial charge in [-0.15, -0.1) is 0 Å². The number of hydrogen-bond acceptors (Lipinski definition) is 5. The second-order valence-corrected chi connectivity index (χ2v) is 2.95. The van der Waals surface area contributed by atoms with E-state index in [9.17, 15) is 0 Å². The van der Waals surface area contributed by atoms with E-state index in [1.54, 1.807) is 12.1 Å². The maximum absolute atomic E-state index is 8.83. The molecule has 0 spiro atoms. The van der Waals surface area contributed by atoms with Gasteiger partial charge >= 0.3 is 0 Å².